The van der Waals surface area contributed by atoms with E-state index in [2.05, 4.69) is 4.90 Å². The summed E-state index contributed by atoms with van der Waals surface area (Å²) in [6.07, 6.45) is 0. The van der Waals surface area contributed by atoms with E-state index in [-0.39, 0.29) is 17.1 Å². The first-order valence-electron chi connectivity index (χ1n) is 10.9. The standard InChI is InChI=1S/C25H26N2O5/c1-16-3-8-20-19(15-16)23(28)21-22(17-4-6-18(30-2)7-5-17)27(25(29)24(21)32-20)10-9-26-11-13-31-14-12-26/h3-8,15,22H,9-14H2,1-2H3/t22-/m0/s1. The van der Waals surface area contributed by atoms with Crippen LogP contribution in [-0.2, 0) is 4.74 Å². The Morgan fingerprint density at radius 1 is 1.03 bits per heavy atom. The molecule has 3 aromatic rings. The van der Waals surface area contributed by atoms with Crippen LogP contribution in [0.25, 0.3) is 11.0 Å². The van der Waals surface area contributed by atoms with Crippen LogP contribution >= 0.6 is 0 Å². The lowest BCUT2D eigenvalue weighted by molar-refractivity contribution is 0.0314. The first-order valence-corrected chi connectivity index (χ1v) is 10.9. The highest BCUT2D eigenvalue weighted by atomic mass is 16.5. The van der Waals surface area contributed by atoms with Crippen LogP contribution in [0.4, 0.5) is 0 Å². The van der Waals surface area contributed by atoms with Gasteiger partial charge < -0.3 is 18.8 Å². The van der Waals surface area contributed by atoms with Crippen molar-refractivity contribution in [3.8, 4) is 5.75 Å². The minimum atomic E-state index is -0.495. The van der Waals surface area contributed by atoms with E-state index in [9.17, 15) is 9.59 Å². The molecule has 2 aliphatic rings. The Labute approximate surface area is 186 Å². The number of fused-ring (bicyclic) bond motifs is 2. The van der Waals surface area contributed by atoms with Gasteiger partial charge in [-0.05, 0) is 36.8 Å². The van der Waals surface area contributed by atoms with Crippen molar-refractivity contribution in [2.24, 2.45) is 0 Å². The SMILES string of the molecule is COc1ccc([C@H]2c3c(oc4ccc(C)cc4c3=O)C(=O)N2CCN2CCOCC2)cc1. The molecule has 1 atom stereocenters. The monoisotopic (exact) mass is 434 g/mol. The van der Waals surface area contributed by atoms with E-state index in [1.807, 2.05) is 43.3 Å². The molecule has 7 heteroatoms. The summed E-state index contributed by atoms with van der Waals surface area (Å²) < 4.78 is 16.7. The van der Waals surface area contributed by atoms with Gasteiger partial charge in [-0.2, -0.15) is 0 Å². The number of methoxy groups -OCH3 is 1. The van der Waals surface area contributed by atoms with Gasteiger partial charge in [0.1, 0.15) is 11.3 Å². The number of carbonyl (C=O) groups is 1. The van der Waals surface area contributed by atoms with Crippen LogP contribution in [0.5, 0.6) is 5.75 Å². The van der Waals surface area contributed by atoms with Crippen molar-refractivity contribution in [3.63, 3.8) is 0 Å². The number of benzene rings is 2. The lowest BCUT2D eigenvalue weighted by atomic mass is 9.98. The number of ether oxygens (including phenoxy) is 2. The number of hydrogen-bond donors (Lipinski definition) is 0. The predicted octanol–water partition coefficient (Wildman–Crippen LogP) is 2.99. The van der Waals surface area contributed by atoms with Crippen LogP contribution in [-0.4, -0.2) is 62.2 Å². The van der Waals surface area contributed by atoms with E-state index in [0.29, 0.717) is 42.8 Å². The first kappa shape index (κ1) is 20.7. The summed E-state index contributed by atoms with van der Waals surface area (Å²) >= 11 is 0. The summed E-state index contributed by atoms with van der Waals surface area (Å²) in [5.74, 6) is 0.627. The molecular formula is C25H26N2O5. The van der Waals surface area contributed by atoms with Crippen molar-refractivity contribution in [1.29, 1.82) is 0 Å². The van der Waals surface area contributed by atoms with Crippen molar-refractivity contribution < 1.29 is 18.7 Å². The molecule has 2 aliphatic heterocycles. The van der Waals surface area contributed by atoms with Crippen LogP contribution < -0.4 is 10.2 Å². The second kappa shape index (κ2) is 8.41. The molecule has 5 rings (SSSR count). The van der Waals surface area contributed by atoms with Gasteiger partial charge >= 0.3 is 0 Å². The Hall–Kier alpha value is -3.16. The molecule has 0 N–H and O–H groups in total. The minimum absolute atomic E-state index is 0.145. The van der Waals surface area contributed by atoms with Crippen molar-refractivity contribution >= 4 is 16.9 Å². The summed E-state index contributed by atoms with van der Waals surface area (Å²) in [6.45, 7) is 6.21. The van der Waals surface area contributed by atoms with Crippen molar-refractivity contribution in [1.82, 2.24) is 9.80 Å². The van der Waals surface area contributed by atoms with Gasteiger partial charge in [0.05, 0.1) is 37.3 Å². The summed E-state index contributed by atoms with van der Waals surface area (Å²) in [4.78, 5) is 31.1. The third-order valence-corrected chi connectivity index (χ3v) is 6.31. The highest BCUT2D eigenvalue weighted by Gasteiger charge is 2.42. The Bertz CT molecular complexity index is 1210. The molecule has 7 nitrogen and oxygen atoms in total. The third-order valence-electron chi connectivity index (χ3n) is 6.31. The maximum atomic E-state index is 13.6. The third kappa shape index (κ3) is 3.57. The van der Waals surface area contributed by atoms with E-state index in [1.165, 1.54) is 0 Å². The molecule has 1 fully saturated rings. The molecule has 1 saturated heterocycles. The largest absolute Gasteiger partial charge is 0.497 e. The fourth-order valence-electron chi connectivity index (χ4n) is 4.57. The molecule has 1 amide bonds. The van der Waals surface area contributed by atoms with Crippen LogP contribution in [0.3, 0.4) is 0 Å². The van der Waals surface area contributed by atoms with Crippen molar-refractivity contribution in [3.05, 3.63) is 75.1 Å². The molecule has 0 radical (unpaired) electrons. The van der Waals surface area contributed by atoms with Crippen molar-refractivity contribution in [2.45, 2.75) is 13.0 Å². The smallest absolute Gasteiger partial charge is 0.290 e. The second-order valence-corrected chi connectivity index (χ2v) is 8.30. The fraction of sp³-hybridized carbons (Fsp3) is 0.360. The zero-order valence-corrected chi connectivity index (χ0v) is 18.3. The number of aryl methyl sites for hydroxylation is 1. The Balaban J connectivity index is 1.60. The first-order chi connectivity index (χ1) is 15.6. The van der Waals surface area contributed by atoms with Crippen LogP contribution in [0, 0.1) is 6.92 Å². The second-order valence-electron chi connectivity index (χ2n) is 8.30. The molecule has 0 bridgehead atoms. The highest BCUT2D eigenvalue weighted by Crippen LogP contribution is 2.38. The van der Waals surface area contributed by atoms with Gasteiger partial charge in [-0.3, -0.25) is 14.5 Å². The summed E-state index contributed by atoms with van der Waals surface area (Å²) in [5, 5.41) is 0.505. The topological polar surface area (TPSA) is 72.2 Å². The molecule has 1 aromatic heterocycles. The van der Waals surface area contributed by atoms with E-state index in [4.69, 9.17) is 13.9 Å². The fourth-order valence-corrected chi connectivity index (χ4v) is 4.57. The summed E-state index contributed by atoms with van der Waals surface area (Å²) in [7, 11) is 1.61. The quantitative estimate of drug-likeness (QED) is 0.615. The molecular weight excluding hydrogens is 408 g/mol. The maximum absolute atomic E-state index is 13.6. The maximum Gasteiger partial charge on any atom is 0.290 e. The van der Waals surface area contributed by atoms with Gasteiger partial charge in [-0.25, -0.2) is 0 Å². The molecule has 166 valence electrons. The number of nitrogens with zero attached hydrogens (tertiary/aromatic N) is 2. The van der Waals surface area contributed by atoms with Gasteiger partial charge in [0.15, 0.2) is 5.43 Å². The molecule has 0 spiro atoms. The molecule has 0 aliphatic carbocycles. The predicted molar refractivity (Wildman–Crippen MR) is 120 cm³/mol. The highest BCUT2D eigenvalue weighted by molar-refractivity contribution is 5.99. The van der Waals surface area contributed by atoms with Crippen molar-refractivity contribution in [2.75, 3.05) is 46.5 Å². The molecule has 32 heavy (non-hydrogen) atoms. The van der Waals surface area contributed by atoms with Gasteiger partial charge in [0.25, 0.3) is 5.91 Å². The summed E-state index contributed by atoms with van der Waals surface area (Å²) in [5.41, 5.74) is 2.54. The molecule has 2 aromatic carbocycles. The zero-order chi connectivity index (χ0) is 22.2. The van der Waals surface area contributed by atoms with Gasteiger partial charge in [-0.15, -0.1) is 0 Å². The number of rotatable bonds is 5. The number of carbonyl (C=O) groups excluding carboxylic acids is 1. The Morgan fingerprint density at radius 2 is 1.78 bits per heavy atom. The Morgan fingerprint density at radius 3 is 2.50 bits per heavy atom. The molecule has 0 saturated carbocycles. The lowest BCUT2D eigenvalue weighted by Crippen LogP contribution is -2.42. The minimum Gasteiger partial charge on any atom is -0.497 e. The van der Waals surface area contributed by atoms with Gasteiger partial charge in [-0.1, -0.05) is 23.8 Å². The van der Waals surface area contributed by atoms with Gasteiger partial charge in [0, 0.05) is 26.2 Å². The van der Waals surface area contributed by atoms with Gasteiger partial charge in [0.2, 0.25) is 5.76 Å². The number of amides is 1. The van der Waals surface area contributed by atoms with E-state index in [0.717, 1.165) is 30.0 Å². The average Bonchev–Trinajstić information content (AvgIpc) is 3.10. The number of morpholine rings is 1. The van der Waals surface area contributed by atoms with Crippen LogP contribution in [0.15, 0.2) is 51.7 Å². The molecule has 3 heterocycles. The molecule has 0 unspecified atom stereocenters. The lowest BCUT2D eigenvalue weighted by Gasteiger charge is -2.31. The summed E-state index contributed by atoms with van der Waals surface area (Å²) in [6, 6.07) is 12.5. The Kier molecular flexibility index (Phi) is 5.45. The average molecular weight is 434 g/mol. The van der Waals surface area contributed by atoms with Crippen LogP contribution in [0.1, 0.15) is 33.3 Å². The van der Waals surface area contributed by atoms with Crippen LogP contribution in [0.2, 0.25) is 0 Å². The van der Waals surface area contributed by atoms with E-state index < -0.39 is 6.04 Å². The zero-order valence-electron chi connectivity index (χ0n) is 18.3. The van der Waals surface area contributed by atoms with E-state index >= 15 is 0 Å². The normalized spacial score (nSPS) is 18.9. The van der Waals surface area contributed by atoms with E-state index in [1.54, 1.807) is 18.1 Å². The number of hydrogen-bond acceptors (Lipinski definition) is 6.